The lowest BCUT2D eigenvalue weighted by Crippen LogP contribution is -2.06. The molecule has 0 bridgehead atoms. The normalized spacial score (nSPS) is 10.9. The van der Waals surface area contributed by atoms with E-state index < -0.39 is 0 Å². The third-order valence-corrected chi connectivity index (χ3v) is 4.28. The van der Waals surface area contributed by atoms with Crippen molar-refractivity contribution in [1.29, 1.82) is 0 Å². The molecule has 3 rings (SSSR count). The fourth-order valence-corrected chi connectivity index (χ4v) is 3.08. The first-order valence-corrected chi connectivity index (χ1v) is 7.82. The topological polar surface area (TPSA) is 52.0 Å². The van der Waals surface area contributed by atoms with Crippen molar-refractivity contribution in [3.8, 4) is 0 Å². The molecule has 0 saturated heterocycles. The molecule has 3 aromatic rings. The number of rotatable bonds is 3. The maximum atomic E-state index is 5.86. The third kappa shape index (κ3) is 3.21. The van der Waals surface area contributed by atoms with Gasteiger partial charge in [0, 0.05) is 17.3 Å². The highest BCUT2D eigenvalue weighted by molar-refractivity contribution is 5.51. The summed E-state index contributed by atoms with van der Waals surface area (Å²) in [7, 11) is 0. The molecule has 0 atom stereocenters. The summed E-state index contributed by atoms with van der Waals surface area (Å²) < 4.78 is 0. The van der Waals surface area contributed by atoms with E-state index in [2.05, 4.69) is 56.3 Å². The minimum atomic E-state index is 0.178. The summed E-state index contributed by atoms with van der Waals surface area (Å²) in [5.41, 5.74) is 19.6. The number of benzene rings is 3. The highest BCUT2D eigenvalue weighted by Crippen LogP contribution is 2.34. The molecule has 0 fully saturated rings. The zero-order valence-electron chi connectivity index (χ0n) is 13.6. The van der Waals surface area contributed by atoms with Gasteiger partial charge in [0.1, 0.15) is 0 Å². The van der Waals surface area contributed by atoms with Crippen LogP contribution in [0.15, 0.2) is 66.7 Å². The van der Waals surface area contributed by atoms with Gasteiger partial charge in [-0.3, -0.25) is 0 Å². The summed E-state index contributed by atoms with van der Waals surface area (Å²) in [4.78, 5) is 0. The summed E-state index contributed by atoms with van der Waals surface area (Å²) in [5.74, 6) is 0.178. The van der Waals surface area contributed by atoms with Crippen molar-refractivity contribution >= 4 is 11.4 Å². The Morgan fingerprint density at radius 3 is 1.57 bits per heavy atom. The van der Waals surface area contributed by atoms with Crippen LogP contribution in [0.3, 0.4) is 0 Å². The summed E-state index contributed by atoms with van der Waals surface area (Å²) in [6.07, 6.45) is 0. The molecule has 0 spiro atoms. The first-order valence-electron chi connectivity index (χ1n) is 7.82. The molecule has 116 valence electrons. The van der Waals surface area contributed by atoms with Gasteiger partial charge in [0.05, 0.1) is 0 Å². The van der Waals surface area contributed by atoms with Gasteiger partial charge in [-0.15, -0.1) is 0 Å². The largest absolute Gasteiger partial charge is 0.399 e. The number of nitrogen functional groups attached to an aromatic ring is 2. The third-order valence-electron chi connectivity index (χ3n) is 4.28. The second-order valence-electron chi connectivity index (χ2n) is 6.13. The summed E-state index contributed by atoms with van der Waals surface area (Å²) in [6, 6.07) is 22.9. The molecule has 0 heterocycles. The Morgan fingerprint density at radius 2 is 1.13 bits per heavy atom. The van der Waals surface area contributed by atoms with Gasteiger partial charge in [-0.05, 0) is 60.4 Å². The van der Waals surface area contributed by atoms with Gasteiger partial charge in [-0.25, -0.2) is 0 Å². The van der Waals surface area contributed by atoms with E-state index in [1.165, 1.54) is 27.8 Å². The minimum Gasteiger partial charge on any atom is -0.399 e. The summed E-state index contributed by atoms with van der Waals surface area (Å²) in [6.45, 7) is 4.29. The van der Waals surface area contributed by atoms with Crippen molar-refractivity contribution in [2.24, 2.45) is 0 Å². The highest BCUT2D eigenvalue weighted by Gasteiger charge is 2.18. The molecule has 0 amide bonds. The molecular weight excluding hydrogens is 280 g/mol. The molecule has 2 heteroatoms. The maximum Gasteiger partial charge on any atom is 0.0342 e. The molecule has 0 radical (unpaired) electrons. The van der Waals surface area contributed by atoms with Crippen LogP contribution in [0.25, 0.3) is 0 Å². The van der Waals surface area contributed by atoms with E-state index in [0.717, 1.165) is 11.4 Å². The molecule has 4 N–H and O–H groups in total. The van der Waals surface area contributed by atoms with Gasteiger partial charge >= 0.3 is 0 Å². The van der Waals surface area contributed by atoms with Crippen LogP contribution in [-0.2, 0) is 0 Å². The Morgan fingerprint density at radius 1 is 0.652 bits per heavy atom. The van der Waals surface area contributed by atoms with Crippen molar-refractivity contribution in [3.63, 3.8) is 0 Å². The number of nitrogens with two attached hydrogens (primary N) is 2. The Kier molecular flexibility index (Phi) is 4.07. The number of anilines is 2. The Hall–Kier alpha value is -2.74. The van der Waals surface area contributed by atoms with Crippen LogP contribution in [-0.4, -0.2) is 0 Å². The van der Waals surface area contributed by atoms with E-state index in [0.29, 0.717) is 0 Å². The summed E-state index contributed by atoms with van der Waals surface area (Å²) in [5, 5.41) is 0. The lowest BCUT2D eigenvalue weighted by molar-refractivity contribution is 0.961. The van der Waals surface area contributed by atoms with Gasteiger partial charge in [-0.2, -0.15) is 0 Å². The number of hydrogen-bond acceptors (Lipinski definition) is 2. The average molecular weight is 302 g/mol. The Bertz CT molecular complexity index is 757. The van der Waals surface area contributed by atoms with Crippen LogP contribution < -0.4 is 11.5 Å². The van der Waals surface area contributed by atoms with Crippen LogP contribution in [0.2, 0.25) is 0 Å². The molecular formula is C21H22N2. The van der Waals surface area contributed by atoms with Crippen LogP contribution in [0.1, 0.15) is 33.7 Å². The van der Waals surface area contributed by atoms with Crippen molar-refractivity contribution in [2.75, 3.05) is 11.5 Å². The molecule has 0 unspecified atom stereocenters. The van der Waals surface area contributed by atoms with Crippen LogP contribution in [0, 0.1) is 13.8 Å². The lowest BCUT2D eigenvalue weighted by Gasteiger charge is -2.21. The van der Waals surface area contributed by atoms with E-state index in [-0.39, 0.29) is 5.92 Å². The predicted molar refractivity (Wildman–Crippen MR) is 98.6 cm³/mol. The second kappa shape index (κ2) is 6.17. The van der Waals surface area contributed by atoms with Crippen LogP contribution >= 0.6 is 0 Å². The van der Waals surface area contributed by atoms with Gasteiger partial charge in [0.25, 0.3) is 0 Å². The van der Waals surface area contributed by atoms with Crippen molar-refractivity contribution in [3.05, 3.63) is 94.5 Å². The van der Waals surface area contributed by atoms with Gasteiger partial charge in [0.2, 0.25) is 0 Å². The standard InChI is InChI=1S/C21H22N2/c1-14-3-12-20(15(2)13-14)21(16-4-8-18(22)9-5-16)17-6-10-19(23)11-7-17/h3-13,21H,22-23H2,1-2H3. The van der Waals surface area contributed by atoms with E-state index in [1.807, 2.05) is 24.3 Å². The predicted octanol–water partition coefficient (Wildman–Crippen LogP) is 4.65. The Balaban J connectivity index is 2.16. The Labute approximate surface area is 137 Å². The molecule has 0 aliphatic heterocycles. The van der Waals surface area contributed by atoms with Gasteiger partial charge in [0.15, 0.2) is 0 Å². The van der Waals surface area contributed by atoms with Crippen LogP contribution in [0.4, 0.5) is 11.4 Å². The molecule has 0 aliphatic rings. The first kappa shape index (κ1) is 15.2. The van der Waals surface area contributed by atoms with E-state index >= 15 is 0 Å². The SMILES string of the molecule is Cc1ccc(C(c2ccc(N)cc2)c2ccc(N)cc2)c(C)c1. The lowest BCUT2D eigenvalue weighted by atomic mass is 9.82. The quantitative estimate of drug-likeness (QED) is 0.546. The highest BCUT2D eigenvalue weighted by atomic mass is 14.5. The average Bonchev–Trinajstić information content (AvgIpc) is 2.53. The number of aryl methyl sites for hydroxylation is 2. The first-order chi connectivity index (χ1) is 11.0. The van der Waals surface area contributed by atoms with Gasteiger partial charge in [-0.1, -0.05) is 48.0 Å². The zero-order chi connectivity index (χ0) is 16.4. The molecule has 2 nitrogen and oxygen atoms in total. The van der Waals surface area contributed by atoms with Gasteiger partial charge < -0.3 is 11.5 Å². The van der Waals surface area contributed by atoms with Crippen molar-refractivity contribution < 1.29 is 0 Å². The van der Waals surface area contributed by atoms with Crippen LogP contribution in [0.5, 0.6) is 0 Å². The van der Waals surface area contributed by atoms with Crippen molar-refractivity contribution in [2.45, 2.75) is 19.8 Å². The molecule has 23 heavy (non-hydrogen) atoms. The molecule has 0 aromatic heterocycles. The maximum absolute atomic E-state index is 5.86. The summed E-state index contributed by atoms with van der Waals surface area (Å²) >= 11 is 0. The monoisotopic (exact) mass is 302 g/mol. The molecule has 0 saturated carbocycles. The van der Waals surface area contributed by atoms with E-state index in [1.54, 1.807) is 0 Å². The zero-order valence-corrected chi connectivity index (χ0v) is 13.6. The second-order valence-corrected chi connectivity index (χ2v) is 6.13. The van der Waals surface area contributed by atoms with Crippen molar-refractivity contribution in [1.82, 2.24) is 0 Å². The number of hydrogen-bond donors (Lipinski definition) is 2. The fourth-order valence-electron chi connectivity index (χ4n) is 3.08. The van der Waals surface area contributed by atoms with E-state index in [9.17, 15) is 0 Å². The fraction of sp³-hybridized carbons (Fsp3) is 0.143. The smallest absolute Gasteiger partial charge is 0.0342 e. The van der Waals surface area contributed by atoms with E-state index in [4.69, 9.17) is 11.5 Å². The molecule has 0 aliphatic carbocycles. The molecule has 3 aromatic carbocycles. The minimum absolute atomic E-state index is 0.178.